The van der Waals surface area contributed by atoms with Crippen molar-refractivity contribution in [2.45, 2.75) is 12.6 Å². The van der Waals surface area contributed by atoms with Crippen LogP contribution in [-0.4, -0.2) is 25.7 Å². The maximum atomic E-state index is 11.4. The summed E-state index contributed by atoms with van der Waals surface area (Å²) >= 11 is 4.94. The molecular weight excluding hydrogens is 280 g/mol. The number of hydrogen-bond donors (Lipinski definition) is 2. The zero-order valence-electron chi connectivity index (χ0n) is 8.33. The van der Waals surface area contributed by atoms with Crippen LogP contribution in [0.2, 0.25) is 0 Å². The SMILES string of the molecule is COCC(N)C(=O)NCc1csc(Br)c1. The molecule has 0 spiro atoms. The molecule has 0 aliphatic heterocycles. The van der Waals surface area contributed by atoms with Crippen LogP contribution >= 0.6 is 27.3 Å². The average molecular weight is 293 g/mol. The Hall–Kier alpha value is -0.430. The first-order valence-corrected chi connectivity index (χ1v) is 6.06. The molecule has 0 aliphatic rings. The lowest BCUT2D eigenvalue weighted by molar-refractivity contribution is -0.123. The van der Waals surface area contributed by atoms with E-state index in [0.717, 1.165) is 9.35 Å². The normalized spacial score (nSPS) is 12.5. The van der Waals surface area contributed by atoms with Gasteiger partial charge in [-0.05, 0) is 32.9 Å². The number of thiophene rings is 1. The van der Waals surface area contributed by atoms with Crippen LogP contribution in [0.3, 0.4) is 0 Å². The summed E-state index contributed by atoms with van der Waals surface area (Å²) in [5.74, 6) is -0.195. The molecule has 0 aromatic carbocycles. The van der Waals surface area contributed by atoms with E-state index in [-0.39, 0.29) is 12.5 Å². The summed E-state index contributed by atoms with van der Waals surface area (Å²) in [6.45, 7) is 0.734. The first-order chi connectivity index (χ1) is 7.13. The third-order valence-electron chi connectivity index (χ3n) is 1.77. The van der Waals surface area contributed by atoms with Gasteiger partial charge in [-0.15, -0.1) is 11.3 Å². The number of methoxy groups -OCH3 is 1. The van der Waals surface area contributed by atoms with Crippen molar-refractivity contribution >= 4 is 33.2 Å². The van der Waals surface area contributed by atoms with Gasteiger partial charge < -0.3 is 15.8 Å². The van der Waals surface area contributed by atoms with Crippen LogP contribution in [-0.2, 0) is 16.1 Å². The Kier molecular flexibility index (Phi) is 5.24. The van der Waals surface area contributed by atoms with Gasteiger partial charge >= 0.3 is 0 Å². The fraction of sp³-hybridized carbons (Fsp3) is 0.444. The number of carbonyl (C=O) groups is 1. The standard InChI is InChI=1S/C9H13BrN2O2S/c1-14-4-7(11)9(13)12-3-6-2-8(10)15-5-6/h2,5,7H,3-4,11H2,1H3,(H,12,13). The average Bonchev–Trinajstić information content (AvgIpc) is 2.61. The molecule has 84 valence electrons. The van der Waals surface area contributed by atoms with Crippen molar-refractivity contribution in [3.05, 3.63) is 20.8 Å². The zero-order valence-corrected chi connectivity index (χ0v) is 10.7. The molecule has 15 heavy (non-hydrogen) atoms. The van der Waals surface area contributed by atoms with E-state index < -0.39 is 6.04 Å². The molecule has 1 unspecified atom stereocenters. The van der Waals surface area contributed by atoms with Crippen LogP contribution in [0.25, 0.3) is 0 Å². The van der Waals surface area contributed by atoms with Crippen LogP contribution in [0.4, 0.5) is 0 Å². The van der Waals surface area contributed by atoms with Crippen LogP contribution in [0.1, 0.15) is 5.56 Å². The van der Waals surface area contributed by atoms with Gasteiger partial charge in [-0.1, -0.05) is 0 Å². The minimum Gasteiger partial charge on any atom is -0.383 e. The van der Waals surface area contributed by atoms with Gasteiger partial charge in [0.15, 0.2) is 0 Å². The second kappa shape index (κ2) is 6.22. The molecule has 1 rings (SSSR count). The predicted molar refractivity (Wildman–Crippen MR) is 63.7 cm³/mol. The third-order valence-corrected chi connectivity index (χ3v) is 3.32. The van der Waals surface area contributed by atoms with Crippen molar-refractivity contribution in [2.75, 3.05) is 13.7 Å². The highest BCUT2D eigenvalue weighted by Crippen LogP contribution is 2.20. The van der Waals surface area contributed by atoms with Gasteiger partial charge in [0.05, 0.1) is 10.4 Å². The number of hydrogen-bond acceptors (Lipinski definition) is 4. The number of amides is 1. The van der Waals surface area contributed by atoms with E-state index in [9.17, 15) is 4.79 Å². The topological polar surface area (TPSA) is 64.3 Å². The highest BCUT2D eigenvalue weighted by Gasteiger charge is 2.12. The van der Waals surface area contributed by atoms with Gasteiger partial charge in [-0.3, -0.25) is 4.79 Å². The number of halogens is 1. The fourth-order valence-electron chi connectivity index (χ4n) is 1.01. The summed E-state index contributed by atoms with van der Waals surface area (Å²) < 4.78 is 5.84. The second-order valence-electron chi connectivity index (χ2n) is 3.04. The number of nitrogens with one attached hydrogen (secondary N) is 1. The summed E-state index contributed by atoms with van der Waals surface area (Å²) in [6.07, 6.45) is 0. The molecular formula is C9H13BrN2O2S. The zero-order chi connectivity index (χ0) is 11.3. The van der Waals surface area contributed by atoms with Gasteiger partial charge in [0.25, 0.3) is 0 Å². The number of nitrogens with two attached hydrogens (primary N) is 1. The summed E-state index contributed by atoms with van der Waals surface area (Å²) in [7, 11) is 1.52. The van der Waals surface area contributed by atoms with E-state index in [1.165, 1.54) is 7.11 Å². The molecule has 1 amide bonds. The number of rotatable bonds is 5. The minimum absolute atomic E-state index is 0.195. The summed E-state index contributed by atoms with van der Waals surface area (Å²) in [6, 6.07) is 1.37. The molecule has 1 atom stereocenters. The van der Waals surface area contributed by atoms with Crippen molar-refractivity contribution in [1.29, 1.82) is 0 Å². The van der Waals surface area contributed by atoms with E-state index in [1.807, 2.05) is 11.4 Å². The first-order valence-electron chi connectivity index (χ1n) is 4.38. The molecule has 0 saturated carbocycles. The summed E-state index contributed by atoms with van der Waals surface area (Å²) in [4.78, 5) is 11.4. The lowest BCUT2D eigenvalue weighted by atomic mass is 10.3. The Balaban J connectivity index is 2.34. The van der Waals surface area contributed by atoms with Gasteiger partial charge in [-0.2, -0.15) is 0 Å². The van der Waals surface area contributed by atoms with E-state index in [4.69, 9.17) is 10.5 Å². The molecule has 0 saturated heterocycles. The largest absolute Gasteiger partial charge is 0.383 e. The van der Waals surface area contributed by atoms with Crippen LogP contribution in [0.15, 0.2) is 15.2 Å². The second-order valence-corrected chi connectivity index (χ2v) is 5.33. The predicted octanol–water partition coefficient (Wildman–Crippen LogP) is 1.10. The Bertz CT molecular complexity index is 330. The Morgan fingerprint density at radius 1 is 1.80 bits per heavy atom. The Morgan fingerprint density at radius 3 is 3.07 bits per heavy atom. The molecule has 6 heteroatoms. The minimum atomic E-state index is -0.600. The molecule has 0 aliphatic carbocycles. The lowest BCUT2D eigenvalue weighted by Crippen LogP contribution is -2.43. The maximum absolute atomic E-state index is 11.4. The van der Waals surface area contributed by atoms with E-state index in [1.54, 1.807) is 11.3 Å². The monoisotopic (exact) mass is 292 g/mol. The van der Waals surface area contributed by atoms with Gasteiger partial charge in [0.2, 0.25) is 5.91 Å². The summed E-state index contributed by atoms with van der Waals surface area (Å²) in [5.41, 5.74) is 6.61. The van der Waals surface area contributed by atoms with Gasteiger partial charge in [0.1, 0.15) is 6.04 Å². The van der Waals surface area contributed by atoms with Gasteiger partial charge in [0, 0.05) is 13.7 Å². The molecule has 1 heterocycles. The Morgan fingerprint density at radius 2 is 2.53 bits per heavy atom. The summed E-state index contributed by atoms with van der Waals surface area (Å²) in [5, 5.41) is 4.72. The van der Waals surface area contributed by atoms with Crippen molar-refractivity contribution in [1.82, 2.24) is 5.32 Å². The van der Waals surface area contributed by atoms with Crippen LogP contribution in [0, 0.1) is 0 Å². The Labute approximate surface area is 101 Å². The maximum Gasteiger partial charge on any atom is 0.239 e. The molecule has 0 fully saturated rings. The molecule has 1 aromatic rings. The fourth-order valence-corrected chi connectivity index (χ4v) is 2.22. The van der Waals surface area contributed by atoms with Crippen LogP contribution in [0.5, 0.6) is 0 Å². The van der Waals surface area contributed by atoms with E-state index in [0.29, 0.717) is 6.54 Å². The van der Waals surface area contributed by atoms with Crippen molar-refractivity contribution in [3.8, 4) is 0 Å². The van der Waals surface area contributed by atoms with E-state index >= 15 is 0 Å². The number of ether oxygens (including phenoxy) is 1. The lowest BCUT2D eigenvalue weighted by Gasteiger charge is -2.10. The molecule has 1 aromatic heterocycles. The van der Waals surface area contributed by atoms with Crippen molar-refractivity contribution in [2.24, 2.45) is 5.73 Å². The molecule has 0 radical (unpaired) electrons. The molecule has 4 nitrogen and oxygen atoms in total. The highest BCUT2D eigenvalue weighted by molar-refractivity contribution is 9.11. The third kappa shape index (κ3) is 4.29. The quantitative estimate of drug-likeness (QED) is 0.854. The number of carbonyl (C=O) groups excluding carboxylic acids is 1. The van der Waals surface area contributed by atoms with Crippen LogP contribution < -0.4 is 11.1 Å². The van der Waals surface area contributed by atoms with Crippen molar-refractivity contribution in [3.63, 3.8) is 0 Å². The van der Waals surface area contributed by atoms with Gasteiger partial charge in [-0.25, -0.2) is 0 Å². The highest BCUT2D eigenvalue weighted by atomic mass is 79.9. The molecule has 0 bridgehead atoms. The molecule has 3 N–H and O–H groups in total. The first kappa shape index (κ1) is 12.6. The van der Waals surface area contributed by atoms with E-state index in [2.05, 4.69) is 21.2 Å². The van der Waals surface area contributed by atoms with Crippen molar-refractivity contribution < 1.29 is 9.53 Å². The smallest absolute Gasteiger partial charge is 0.239 e.